The van der Waals surface area contributed by atoms with Crippen LogP contribution in [-0.2, 0) is 14.3 Å². The highest BCUT2D eigenvalue weighted by atomic mass is 19.1. The van der Waals surface area contributed by atoms with Crippen LogP contribution in [0.2, 0.25) is 0 Å². The minimum Gasteiger partial charge on any atom is -0.378 e. The third-order valence-electron chi connectivity index (χ3n) is 6.05. The second-order valence-corrected chi connectivity index (χ2v) is 8.33. The van der Waals surface area contributed by atoms with E-state index in [4.69, 9.17) is 4.74 Å². The lowest BCUT2D eigenvalue weighted by molar-refractivity contribution is -0.122. The van der Waals surface area contributed by atoms with E-state index in [0.29, 0.717) is 30.3 Å². The molecule has 0 radical (unpaired) electrons. The Morgan fingerprint density at radius 3 is 2.56 bits per heavy atom. The molecule has 2 aliphatic heterocycles. The Morgan fingerprint density at radius 2 is 1.82 bits per heavy atom. The molecule has 2 aromatic carbocycles. The Kier molecular flexibility index (Phi) is 6.18. The third-order valence-corrected chi connectivity index (χ3v) is 6.05. The summed E-state index contributed by atoms with van der Waals surface area (Å²) < 4.78 is 18.6. The van der Waals surface area contributed by atoms with Crippen LogP contribution < -0.4 is 15.1 Å². The summed E-state index contributed by atoms with van der Waals surface area (Å²) in [6, 6.07) is 16.9. The van der Waals surface area contributed by atoms with Crippen molar-refractivity contribution >= 4 is 29.0 Å². The summed E-state index contributed by atoms with van der Waals surface area (Å²) >= 11 is 0. The first-order chi connectivity index (χ1) is 16.6. The molecule has 2 amide bonds. The zero-order valence-electron chi connectivity index (χ0n) is 18.5. The number of benzene rings is 2. The monoisotopic (exact) mass is 461 g/mol. The summed E-state index contributed by atoms with van der Waals surface area (Å²) in [5.74, 6) is -0.438. The van der Waals surface area contributed by atoms with Gasteiger partial charge in [-0.3, -0.25) is 9.59 Å². The van der Waals surface area contributed by atoms with Gasteiger partial charge in [0.1, 0.15) is 5.82 Å². The highest BCUT2D eigenvalue weighted by molar-refractivity contribution is 6.03. The number of aromatic nitrogens is 2. The molecule has 8 nitrogen and oxygen atoms in total. The molecule has 1 aromatic heterocycles. The molecule has 3 heterocycles. The quantitative estimate of drug-likeness (QED) is 0.628. The van der Waals surface area contributed by atoms with Crippen LogP contribution >= 0.6 is 0 Å². The molecule has 1 N–H and O–H groups in total. The van der Waals surface area contributed by atoms with Crippen LogP contribution in [0.1, 0.15) is 6.42 Å². The van der Waals surface area contributed by atoms with E-state index in [1.165, 1.54) is 17.0 Å². The van der Waals surface area contributed by atoms with E-state index in [0.717, 1.165) is 24.5 Å². The highest BCUT2D eigenvalue weighted by Crippen LogP contribution is 2.27. The fraction of sp³-hybridized carbons (Fsp3) is 0.280. The number of ether oxygens (including phenoxy) is 1. The molecular formula is C25H24FN5O3. The SMILES string of the molecule is O=C(Nc1cccc(-c2ccc(N3CCOCC3)nn2)c1)C1CC(=O)N(c2ccc(F)cc2)C1. The molecule has 2 fully saturated rings. The molecule has 2 saturated heterocycles. The molecule has 34 heavy (non-hydrogen) atoms. The van der Waals surface area contributed by atoms with Crippen LogP contribution in [0.4, 0.5) is 21.6 Å². The fourth-order valence-electron chi connectivity index (χ4n) is 4.19. The first-order valence-corrected chi connectivity index (χ1v) is 11.2. The van der Waals surface area contributed by atoms with Crippen LogP contribution in [-0.4, -0.2) is 54.9 Å². The van der Waals surface area contributed by atoms with Gasteiger partial charge in [0.2, 0.25) is 11.8 Å². The van der Waals surface area contributed by atoms with Gasteiger partial charge < -0.3 is 19.9 Å². The Balaban J connectivity index is 1.24. The van der Waals surface area contributed by atoms with Gasteiger partial charge in [0, 0.05) is 43.0 Å². The lowest BCUT2D eigenvalue weighted by atomic mass is 10.1. The summed E-state index contributed by atoms with van der Waals surface area (Å²) in [4.78, 5) is 29.0. The maximum absolute atomic E-state index is 13.2. The number of nitrogens with one attached hydrogen (secondary N) is 1. The van der Waals surface area contributed by atoms with Gasteiger partial charge in [-0.15, -0.1) is 10.2 Å². The van der Waals surface area contributed by atoms with E-state index >= 15 is 0 Å². The predicted molar refractivity (Wildman–Crippen MR) is 126 cm³/mol. The predicted octanol–water partition coefficient (Wildman–Crippen LogP) is 3.11. The standard InChI is InChI=1S/C25H24FN5O3/c26-19-4-6-21(7-5-19)31-16-18(15-24(31)32)25(33)27-20-3-1-2-17(14-20)22-8-9-23(29-28-22)30-10-12-34-13-11-30/h1-9,14,18H,10-13,15-16H2,(H,27,33). The number of amides is 2. The maximum atomic E-state index is 13.2. The summed E-state index contributed by atoms with van der Waals surface area (Å²) in [7, 11) is 0. The average Bonchev–Trinajstić information content (AvgIpc) is 3.27. The normalized spacial score (nSPS) is 18.3. The summed E-state index contributed by atoms with van der Waals surface area (Å²) in [5, 5.41) is 11.6. The van der Waals surface area contributed by atoms with Gasteiger partial charge in [-0.25, -0.2) is 4.39 Å². The highest BCUT2D eigenvalue weighted by Gasteiger charge is 2.35. The van der Waals surface area contributed by atoms with Crippen LogP contribution in [0.5, 0.6) is 0 Å². The Morgan fingerprint density at radius 1 is 1.03 bits per heavy atom. The van der Waals surface area contributed by atoms with Crippen LogP contribution in [0.15, 0.2) is 60.7 Å². The van der Waals surface area contributed by atoms with Crippen LogP contribution in [0, 0.1) is 11.7 Å². The number of hydrogen-bond donors (Lipinski definition) is 1. The summed E-state index contributed by atoms with van der Waals surface area (Å²) in [5.41, 5.74) is 2.73. The van der Waals surface area contributed by atoms with Crippen molar-refractivity contribution < 1.29 is 18.7 Å². The average molecular weight is 461 g/mol. The minimum atomic E-state index is -0.492. The number of hydrogen-bond acceptors (Lipinski definition) is 6. The number of nitrogens with zero attached hydrogens (tertiary/aromatic N) is 4. The summed E-state index contributed by atoms with van der Waals surface area (Å²) in [6.45, 7) is 3.19. The molecule has 5 rings (SSSR count). The van der Waals surface area contributed by atoms with Crippen molar-refractivity contribution in [3.63, 3.8) is 0 Å². The molecule has 0 saturated carbocycles. The molecule has 9 heteroatoms. The Labute approximate surface area is 196 Å². The van der Waals surface area contributed by atoms with Crippen molar-refractivity contribution in [1.82, 2.24) is 10.2 Å². The van der Waals surface area contributed by atoms with E-state index in [1.54, 1.807) is 18.2 Å². The molecule has 3 aromatic rings. The summed E-state index contributed by atoms with van der Waals surface area (Å²) in [6.07, 6.45) is 0.109. The van der Waals surface area contributed by atoms with Gasteiger partial charge in [0.15, 0.2) is 5.82 Å². The number of carbonyl (C=O) groups is 2. The van der Waals surface area contributed by atoms with Crippen molar-refractivity contribution in [1.29, 1.82) is 0 Å². The largest absolute Gasteiger partial charge is 0.378 e. The van der Waals surface area contributed by atoms with Gasteiger partial charge in [0.05, 0.1) is 24.8 Å². The molecule has 1 unspecified atom stereocenters. The van der Waals surface area contributed by atoms with Gasteiger partial charge in [-0.1, -0.05) is 12.1 Å². The van der Waals surface area contributed by atoms with Crippen LogP contribution in [0.25, 0.3) is 11.3 Å². The Bertz CT molecular complexity index is 1180. The van der Waals surface area contributed by atoms with E-state index in [9.17, 15) is 14.0 Å². The number of halogens is 1. The van der Waals surface area contributed by atoms with Gasteiger partial charge >= 0.3 is 0 Å². The van der Waals surface area contributed by atoms with Crippen LogP contribution in [0.3, 0.4) is 0 Å². The first kappa shape index (κ1) is 22.0. The van der Waals surface area contributed by atoms with Crippen molar-refractivity contribution in [2.45, 2.75) is 6.42 Å². The van der Waals surface area contributed by atoms with E-state index < -0.39 is 5.92 Å². The smallest absolute Gasteiger partial charge is 0.229 e. The van der Waals surface area contributed by atoms with E-state index in [-0.39, 0.29) is 30.6 Å². The van der Waals surface area contributed by atoms with Gasteiger partial charge in [0.25, 0.3) is 0 Å². The van der Waals surface area contributed by atoms with Crippen molar-refractivity contribution in [2.24, 2.45) is 5.92 Å². The molecule has 174 valence electrons. The van der Waals surface area contributed by atoms with Crippen molar-refractivity contribution in [2.75, 3.05) is 48.0 Å². The maximum Gasteiger partial charge on any atom is 0.229 e. The second-order valence-electron chi connectivity index (χ2n) is 8.33. The first-order valence-electron chi connectivity index (χ1n) is 11.2. The molecule has 0 spiro atoms. The van der Waals surface area contributed by atoms with Crippen molar-refractivity contribution in [3.05, 3.63) is 66.5 Å². The number of rotatable bonds is 5. The van der Waals surface area contributed by atoms with E-state index in [1.807, 2.05) is 30.3 Å². The minimum absolute atomic E-state index is 0.109. The third kappa shape index (κ3) is 4.74. The lowest BCUT2D eigenvalue weighted by Crippen LogP contribution is -2.36. The lowest BCUT2D eigenvalue weighted by Gasteiger charge is -2.27. The van der Waals surface area contributed by atoms with Crippen molar-refractivity contribution in [3.8, 4) is 11.3 Å². The molecule has 0 bridgehead atoms. The second kappa shape index (κ2) is 9.56. The number of carbonyl (C=O) groups excluding carboxylic acids is 2. The zero-order chi connectivity index (χ0) is 23.5. The molecule has 1 atom stereocenters. The number of morpholine rings is 1. The zero-order valence-corrected chi connectivity index (χ0v) is 18.5. The molecule has 0 aliphatic carbocycles. The number of anilines is 3. The molecular weight excluding hydrogens is 437 g/mol. The topological polar surface area (TPSA) is 87.7 Å². The van der Waals surface area contributed by atoms with Gasteiger partial charge in [-0.2, -0.15) is 0 Å². The molecule has 2 aliphatic rings. The fourth-order valence-corrected chi connectivity index (χ4v) is 4.19. The van der Waals surface area contributed by atoms with E-state index in [2.05, 4.69) is 20.4 Å². The Hall–Kier alpha value is -3.85. The van der Waals surface area contributed by atoms with Gasteiger partial charge in [-0.05, 0) is 48.5 Å².